The Morgan fingerprint density at radius 1 is 1.09 bits per heavy atom. The van der Waals surface area contributed by atoms with Gasteiger partial charge in [0.05, 0.1) is 17.1 Å². The number of aromatic nitrogens is 2. The average molecular weight is 293 g/mol. The summed E-state index contributed by atoms with van der Waals surface area (Å²) in [7, 11) is 0. The Bertz CT molecular complexity index is 729. The summed E-state index contributed by atoms with van der Waals surface area (Å²) in [5.74, 6) is 1.50. The average Bonchev–Trinajstić information content (AvgIpc) is 2.94. The van der Waals surface area contributed by atoms with Crippen molar-refractivity contribution in [3.8, 4) is 0 Å². The first-order valence-electron chi connectivity index (χ1n) is 7.69. The van der Waals surface area contributed by atoms with Gasteiger partial charge < -0.3 is 10.1 Å². The van der Waals surface area contributed by atoms with Crippen molar-refractivity contribution >= 4 is 11.0 Å². The molecule has 3 aromatic rings. The molecular formula is C18H19N3O. The molecule has 1 aromatic heterocycles. The first kappa shape index (κ1) is 13.5. The van der Waals surface area contributed by atoms with Crippen molar-refractivity contribution in [2.75, 3.05) is 19.6 Å². The second-order valence-corrected chi connectivity index (χ2v) is 5.98. The molecule has 1 saturated heterocycles. The van der Waals surface area contributed by atoms with Crippen LogP contribution in [-0.4, -0.2) is 39.6 Å². The number of aliphatic hydroxyl groups is 1. The lowest BCUT2D eigenvalue weighted by Crippen LogP contribution is -2.47. The van der Waals surface area contributed by atoms with Gasteiger partial charge in [-0.2, -0.15) is 0 Å². The molecule has 0 amide bonds. The summed E-state index contributed by atoms with van der Waals surface area (Å²) in [4.78, 5) is 10.3. The van der Waals surface area contributed by atoms with E-state index in [-0.39, 0.29) is 0 Å². The standard InChI is InChI=1S/C18H19N3O/c22-17(13-6-2-1-3-7-13)12-21-10-14(11-21)18-19-15-8-4-5-9-16(15)20-18/h1-9,14,17,22H,10-12H2,(H,19,20). The van der Waals surface area contributed by atoms with Crippen molar-refractivity contribution < 1.29 is 5.11 Å². The third-order valence-electron chi connectivity index (χ3n) is 4.37. The van der Waals surface area contributed by atoms with E-state index < -0.39 is 6.10 Å². The van der Waals surface area contributed by atoms with E-state index in [4.69, 9.17) is 0 Å². The van der Waals surface area contributed by atoms with Crippen LogP contribution in [0.3, 0.4) is 0 Å². The van der Waals surface area contributed by atoms with E-state index in [0.717, 1.165) is 35.5 Å². The molecule has 0 saturated carbocycles. The van der Waals surface area contributed by atoms with Gasteiger partial charge in [0, 0.05) is 25.6 Å². The molecular weight excluding hydrogens is 274 g/mol. The molecule has 1 atom stereocenters. The summed E-state index contributed by atoms with van der Waals surface area (Å²) in [6.07, 6.45) is -0.419. The van der Waals surface area contributed by atoms with Crippen LogP contribution in [0.15, 0.2) is 54.6 Å². The van der Waals surface area contributed by atoms with E-state index in [1.807, 2.05) is 48.5 Å². The normalized spacial score (nSPS) is 17.5. The van der Waals surface area contributed by atoms with E-state index >= 15 is 0 Å². The summed E-state index contributed by atoms with van der Waals surface area (Å²) < 4.78 is 0. The molecule has 2 heterocycles. The third-order valence-corrected chi connectivity index (χ3v) is 4.37. The summed E-state index contributed by atoms with van der Waals surface area (Å²) in [5.41, 5.74) is 3.11. The Labute approximate surface area is 129 Å². The number of β-amino-alcohol motifs (C(OH)–C–C–N with tert-alkyl or cyclic N) is 1. The Kier molecular flexibility index (Phi) is 3.41. The van der Waals surface area contributed by atoms with E-state index in [9.17, 15) is 5.11 Å². The van der Waals surface area contributed by atoms with Gasteiger partial charge in [0.15, 0.2) is 0 Å². The van der Waals surface area contributed by atoms with Crippen molar-refractivity contribution in [1.82, 2.24) is 14.9 Å². The minimum Gasteiger partial charge on any atom is -0.387 e. The molecule has 2 aromatic carbocycles. The van der Waals surface area contributed by atoms with E-state index in [1.165, 1.54) is 0 Å². The SMILES string of the molecule is OC(CN1CC(c2nc3ccccc3[nH]2)C1)c1ccccc1. The second kappa shape index (κ2) is 5.55. The largest absolute Gasteiger partial charge is 0.387 e. The Morgan fingerprint density at radius 2 is 1.82 bits per heavy atom. The molecule has 112 valence electrons. The zero-order valence-corrected chi connectivity index (χ0v) is 12.3. The van der Waals surface area contributed by atoms with E-state index in [1.54, 1.807) is 0 Å². The third kappa shape index (κ3) is 2.51. The van der Waals surface area contributed by atoms with Crippen LogP contribution in [0, 0.1) is 0 Å². The van der Waals surface area contributed by atoms with Gasteiger partial charge in [0.25, 0.3) is 0 Å². The van der Waals surface area contributed by atoms with Crippen molar-refractivity contribution in [3.63, 3.8) is 0 Å². The zero-order chi connectivity index (χ0) is 14.9. The van der Waals surface area contributed by atoms with Gasteiger partial charge in [-0.1, -0.05) is 42.5 Å². The lowest BCUT2D eigenvalue weighted by Gasteiger charge is -2.39. The fraction of sp³-hybridized carbons (Fsp3) is 0.278. The maximum atomic E-state index is 10.3. The van der Waals surface area contributed by atoms with Gasteiger partial charge in [-0.25, -0.2) is 4.98 Å². The van der Waals surface area contributed by atoms with Gasteiger partial charge in [-0.05, 0) is 17.7 Å². The lowest BCUT2D eigenvalue weighted by atomic mass is 9.98. The number of H-pyrrole nitrogens is 1. The molecule has 1 aliphatic heterocycles. The molecule has 2 N–H and O–H groups in total. The highest BCUT2D eigenvalue weighted by molar-refractivity contribution is 5.74. The first-order valence-corrected chi connectivity index (χ1v) is 7.69. The summed E-state index contributed by atoms with van der Waals surface area (Å²) in [6, 6.07) is 18.0. The number of likely N-dealkylation sites (tertiary alicyclic amines) is 1. The molecule has 22 heavy (non-hydrogen) atoms. The van der Waals surface area contributed by atoms with Gasteiger partial charge in [-0.3, -0.25) is 4.90 Å². The summed E-state index contributed by atoms with van der Waals surface area (Å²) >= 11 is 0. The fourth-order valence-corrected chi connectivity index (χ4v) is 3.08. The van der Waals surface area contributed by atoms with Crippen molar-refractivity contribution in [3.05, 3.63) is 66.0 Å². The van der Waals surface area contributed by atoms with Gasteiger partial charge in [-0.15, -0.1) is 0 Å². The van der Waals surface area contributed by atoms with Crippen LogP contribution in [-0.2, 0) is 0 Å². The molecule has 4 rings (SSSR count). The summed E-state index contributed by atoms with van der Waals surface area (Å²) in [6.45, 7) is 2.58. The molecule has 1 fully saturated rings. The maximum Gasteiger partial charge on any atom is 0.112 e. The number of aromatic amines is 1. The molecule has 4 heteroatoms. The molecule has 1 unspecified atom stereocenters. The maximum absolute atomic E-state index is 10.3. The number of rotatable bonds is 4. The van der Waals surface area contributed by atoms with Crippen LogP contribution in [0.4, 0.5) is 0 Å². The minimum absolute atomic E-state index is 0.419. The minimum atomic E-state index is -0.419. The van der Waals surface area contributed by atoms with E-state index in [0.29, 0.717) is 12.5 Å². The van der Waals surface area contributed by atoms with Crippen LogP contribution in [0.5, 0.6) is 0 Å². The summed E-state index contributed by atoms with van der Waals surface area (Å²) in [5, 5.41) is 10.3. The smallest absolute Gasteiger partial charge is 0.112 e. The van der Waals surface area contributed by atoms with Crippen LogP contribution in [0.25, 0.3) is 11.0 Å². The molecule has 0 spiro atoms. The molecule has 0 aliphatic carbocycles. The van der Waals surface area contributed by atoms with Gasteiger partial charge >= 0.3 is 0 Å². The van der Waals surface area contributed by atoms with Crippen LogP contribution in [0.1, 0.15) is 23.4 Å². The van der Waals surface area contributed by atoms with Crippen molar-refractivity contribution in [1.29, 1.82) is 0 Å². The number of imidazole rings is 1. The van der Waals surface area contributed by atoms with Crippen LogP contribution in [0.2, 0.25) is 0 Å². The number of hydrogen-bond acceptors (Lipinski definition) is 3. The van der Waals surface area contributed by atoms with Crippen LogP contribution >= 0.6 is 0 Å². The highest BCUT2D eigenvalue weighted by Gasteiger charge is 2.31. The molecule has 0 radical (unpaired) electrons. The number of nitrogens with one attached hydrogen (secondary N) is 1. The van der Waals surface area contributed by atoms with Gasteiger partial charge in [0.1, 0.15) is 5.82 Å². The lowest BCUT2D eigenvalue weighted by molar-refractivity contribution is 0.0626. The number of hydrogen-bond donors (Lipinski definition) is 2. The second-order valence-electron chi connectivity index (χ2n) is 5.98. The fourth-order valence-electron chi connectivity index (χ4n) is 3.08. The highest BCUT2D eigenvalue weighted by atomic mass is 16.3. The molecule has 4 nitrogen and oxygen atoms in total. The Balaban J connectivity index is 1.37. The van der Waals surface area contributed by atoms with Crippen molar-refractivity contribution in [2.45, 2.75) is 12.0 Å². The number of nitrogens with zero attached hydrogens (tertiary/aromatic N) is 2. The highest BCUT2D eigenvalue weighted by Crippen LogP contribution is 2.28. The predicted octanol–water partition coefficient (Wildman–Crippen LogP) is 2.70. The number of fused-ring (bicyclic) bond motifs is 1. The quantitative estimate of drug-likeness (QED) is 0.777. The van der Waals surface area contributed by atoms with Crippen LogP contribution < -0.4 is 0 Å². The Hall–Kier alpha value is -2.17. The Morgan fingerprint density at radius 3 is 2.59 bits per heavy atom. The number of benzene rings is 2. The molecule has 1 aliphatic rings. The van der Waals surface area contributed by atoms with E-state index in [2.05, 4.69) is 20.9 Å². The van der Waals surface area contributed by atoms with Gasteiger partial charge in [0.2, 0.25) is 0 Å². The first-order chi connectivity index (χ1) is 10.8. The number of para-hydroxylation sites is 2. The molecule has 0 bridgehead atoms. The number of aliphatic hydroxyl groups excluding tert-OH is 1. The zero-order valence-electron chi connectivity index (χ0n) is 12.3. The van der Waals surface area contributed by atoms with Crippen molar-refractivity contribution in [2.24, 2.45) is 0 Å². The topological polar surface area (TPSA) is 52.1 Å². The predicted molar refractivity (Wildman–Crippen MR) is 86.7 cm³/mol. The monoisotopic (exact) mass is 293 g/mol.